The van der Waals surface area contributed by atoms with Gasteiger partial charge in [0, 0.05) is 11.3 Å². The van der Waals surface area contributed by atoms with E-state index in [1.807, 2.05) is 41.8 Å². The van der Waals surface area contributed by atoms with Crippen molar-refractivity contribution in [3.05, 3.63) is 53.6 Å². The highest BCUT2D eigenvalue weighted by molar-refractivity contribution is 8.03. The molecule has 0 aromatic heterocycles. The van der Waals surface area contributed by atoms with E-state index in [2.05, 4.69) is 4.74 Å². The summed E-state index contributed by atoms with van der Waals surface area (Å²) in [5.41, 5.74) is 1.52. The first-order valence-corrected chi connectivity index (χ1v) is 6.28. The van der Waals surface area contributed by atoms with Crippen molar-refractivity contribution in [1.82, 2.24) is 0 Å². The molecule has 1 aromatic carbocycles. The SMILES string of the molecule is COC(=O)/C(=C/C=C/c1ccccc1)CSC#N. The molecule has 0 unspecified atom stereocenters. The Morgan fingerprint density at radius 2 is 2.17 bits per heavy atom. The van der Waals surface area contributed by atoms with Crippen molar-refractivity contribution >= 4 is 23.8 Å². The van der Waals surface area contributed by atoms with Gasteiger partial charge in [0.15, 0.2) is 0 Å². The fourth-order valence-corrected chi connectivity index (χ4v) is 1.69. The number of methoxy groups -OCH3 is 1. The zero-order valence-corrected chi connectivity index (χ0v) is 10.8. The average molecular weight is 259 g/mol. The quantitative estimate of drug-likeness (QED) is 0.353. The summed E-state index contributed by atoms with van der Waals surface area (Å²) in [6, 6.07) is 9.75. The van der Waals surface area contributed by atoms with Crippen molar-refractivity contribution in [1.29, 1.82) is 5.26 Å². The van der Waals surface area contributed by atoms with Crippen molar-refractivity contribution in [2.75, 3.05) is 12.9 Å². The summed E-state index contributed by atoms with van der Waals surface area (Å²) in [7, 11) is 1.33. The number of esters is 1. The molecule has 3 nitrogen and oxygen atoms in total. The molecule has 0 N–H and O–H groups in total. The Bertz CT molecular complexity index is 486. The number of carbonyl (C=O) groups is 1. The Balaban J connectivity index is 2.74. The molecule has 0 saturated carbocycles. The maximum absolute atomic E-state index is 11.4. The third-order valence-corrected chi connectivity index (χ3v) is 2.71. The van der Waals surface area contributed by atoms with Gasteiger partial charge in [-0.25, -0.2) is 4.79 Å². The minimum Gasteiger partial charge on any atom is -0.466 e. The number of nitriles is 1. The van der Waals surface area contributed by atoms with Gasteiger partial charge < -0.3 is 4.74 Å². The topological polar surface area (TPSA) is 50.1 Å². The van der Waals surface area contributed by atoms with E-state index < -0.39 is 5.97 Å². The van der Waals surface area contributed by atoms with Crippen molar-refractivity contribution in [2.24, 2.45) is 0 Å². The lowest BCUT2D eigenvalue weighted by atomic mass is 10.2. The van der Waals surface area contributed by atoms with Gasteiger partial charge in [0.1, 0.15) is 5.40 Å². The summed E-state index contributed by atoms with van der Waals surface area (Å²) in [6.07, 6.45) is 5.34. The fraction of sp³-hybridized carbons (Fsp3) is 0.143. The number of thioether (sulfide) groups is 1. The van der Waals surface area contributed by atoms with Gasteiger partial charge in [-0.2, -0.15) is 5.26 Å². The first kappa shape index (κ1) is 14.1. The van der Waals surface area contributed by atoms with Gasteiger partial charge >= 0.3 is 5.97 Å². The van der Waals surface area contributed by atoms with Gasteiger partial charge in [0.25, 0.3) is 0 Å². The lowest BCUT2D eigenvalue weighted by Gasteiger charge is -2.00. The molecule has 0 saturated heterocycles. The molecule has 0 radical (unpaired) electrons. The molecule has 0 fully saturated rings. The van der Waals surface area contributed by atoms with Crippen LogP contribution < -0.4 is 0 Å². The lowest BCUT2D eigenvalue weighted by molar-refractivity contribution is -0.135. The van der Waals surface area contributed by atoms with E-state index in [-0.39, 0.29) is 0 Å². The lowest BCUT2D eigenvalue weighted by Crippen LogP contribution is -2.06. The third-order valence-electron chi connectivity index (χ3n) is 2.13. The van der Waals surface area contributed by atoms with E-state index in [0.29, 0.717) is 11.3 Å². The van der Waals surface area contributed by atoms with Gasteiger partial charge in [0.05, 0.1) is 7.11 Å². The van der Waals surface area contributed by atoms with Crippen LogP contribution in [0.3, 0.4) is 0 Å². The van der Waals surface area contributed by atoms with E-state index in [1.54, 1.807) is 12.2 Å². The molecule has 0 heterocycles. The van der Waals surface area contributed by atoms with Gasteiger partial charge in [-0.1, -0.05) is 48.6 Å². The molecule has 0 bridgehead atoms. The number of thiocyanates is 1. The van der Waals surface area contributed by atoms with Crippen molar-refractivity contribution < 1.29 is 9.53 Å². The standard InChI is InChI=1S/C14H13NO2S/c1-17-14(16)13(10-18-11-15)9-5-8-12-6-3-2-4-7-12/h2-9H,10H2,1H3/b8-5+,13-9+. The van der Waals surface area contributed by atoms with Crippen LogP contribution in [-0.2, 0) is 9.53 Å². The van der Waals surface area contributed by atoms with E-state index in [0.717, 1.165) is 17.3 Å². The van der Waals surface area contributed by atoms with Crippen LogP contribution >= 0.6 is 11.8 Å². The number of hydrogen-bond acceptors (Lipinski definition) is 4. The van der Waals surface area contributed by atoms with Crippen LogP contribution in [-0.4, -0.2) is 18.8 Å². The molecule has 1 aromatic rings. The second-order valence-electron chi connectivity index (χ2n) is 3.33. The predicted octanol–water partition coefficient (Wildman–Crippen LogP) is 3.01. The van der Waals surface area contributed by atoms with Crippen molar-refractivity contribution in [3.63, 3.8) is 0 Å². The highest BCUT2D eigenvalue weighted by Gasteiger charge is 2.07. The molecule has 4 heteroatoms. The Hall–Kier alpha value is -1.99. The summed E-state index contributed by atoms with van der Waals surface area (Å²) < 4.78 is 4.65. The molecule has 0 spiro atoms. The monoisotopic (exact) mass is 259 g/mol. The Morgan fingerprint density at radius 1 is 1.44 bits per heavy atom. The highest BCUT2D eigenvalue weighted by atomic mass is 32.2. The van der Waals surface area contributed by atoms with Crippen LogP contribution in [0.5, 0.6) is 0 Å². The molecule has 1 rings (SSSR count). The van der Waals surface area contributed by atoms with Crippen LogP contribution in [0.25, 0.3) is 6.08 Å². The Morgan fingerprint density at radius 3 is 2.78 bits per heavy atom. The average Bonchev–Trinajstić information content (AvgIpc) is 2.43. The van der Waals surface area contributed by atoms with Crippen LogP contribution in [0.2, 0.25) is 0 Å². The first-order chi connectivity index (χ1) is 8.77. The number of hydrogen-bond donors (Lipinski definition) is 0. The molecule has 0 aliphatic rings. The highest BCUT2D eigenvalue weighted by Crippen LogP contribution is 2.09. The number of carbonyl (C=O) groups excluding carboxylic acids is 1. The summed E-state index contributed by atoms with van der Waals surface area (Å²) >= 11 is 1.01. The van der Waals surface area contributed by atoms with Crippen LogP contribution in [0.4, 0.5) is 0 Å². The summed E-state index contributed by atoms with van der Waals surface area (Å²) in [5.74, 6) is -0.0853. The number of ether oxygens (including phenoxy) is 1. The zero-order chi connectivity index (χ0) is 13.2. The summed E-state index contributed by atoms with van der Waals surface area (Å²) in [5, 5.41) is 10.4. The van der Waals surface area contributed by atoms with Crippen LogP contribution in [0, 0.1) is 10.7 Å². The number of benzene rings is 1. The molecular formula is C14H13NO2S. The van der Waals surface area contributed by atoms with Gasteiger partial charge in [0.2, 0.25) is 0 Å². The maximum Gasteiger partial charge on any atom is 0.334 e. The van der Waals surface area contributed by atoms with Crippen LogP contribution in [0.1, 0.15) is 5.56 Å². The van der Waals surface area contributed by atoms with Gasteiger partial charge in [-0.15, -0.1) is 0 Å². The van der Waals surface area contributed by atoms with E-state index in [4.69, 9.17) is 5.26 Å². The molecular weight excluding hydrogens is 246 g/mol. The molecule has 0 amide bonds. The summed E-state index contributed by atoms with van der Waals surface area (Å²) in [4.78, 5) is 11.4. The first-order valence-electron chi connectivity index (χ1n) is 5.29. The van der Waals surface area contributed by atoms with Gasteiger partial charge in [-0.3, -0.25) is 0 Å². The number of nitrogens with zero attached hydrogens (tertiary/aromatic N) is 1. The van der Waals surface area contributed by atoms with Crippen molar-refractivity contribution in [2.45, 2.75) is 0 Å². The Labute approximate surface area is 111 Å². The Kier molecular flexibility index (Phi) is 6.37. The fourth-order valence-electron chi connectivity index (χ4n) is 1.26. The summed E-state index contributed by atoms with van der Waals surface area (Å²) in [6.45, 7) is 0. The van der Waals surface area contributed by atoms with Crippen molar-refractivity contribution in [3.8, 4) is 5.40 Å². The van der Waals surface area contributed by atoms with Gasteiger partial charge in [-0.05, 0) is 17.3 Å². The normalized spacial score (nSPS) is 11.2. The van der Waals surface area contributed by atoms with E-state index >= 15 is 0 Å². The molecule has 0 aliphatic carbocycles. The second-order valence-corrected chi connectivity index (χ2v) is 4.09. The number of rotatable bonds is 5. The largest absolute Gasteiger partial charge is 0.466 e. The zero-order valence-electron chi connectivity index (χ0n) is 10.00. The minimum atomic E-state index is -0.407. The molecule has 0 aliphatic heterocycles. The molecule has 92 valence electrons. The minimum absolute atomic E-state index is 0.322. The van der Waals surface area contributed by atoms with E-state index in [9.17, 15) is 4.79 Å². The molecule has 0 atom stereocenters. The number of allylic oxidation sites excluding steroid dienone is 2. The van der Waals surface area contributed by atoms with E-state index in [1.165, 1.54) is 7.11 Å². The predicted molar refractivity (Wildman–Crippen MR) is 73.6 cm³/mol. The maximum atomic E-state index is 11.4. The second kappa shape index (κ2) is 8.15. The smallest absolute Gasteiger partial charge is 0.334 e. The van der Waals surface area contributed by atoms with Crippen LogP contribution in [0.15, 0.2) is 48.1 Å². The molecule has 18 heavy (non-hydrogen) atoms. The third kappa shape index (κ3) is 4.89.